The molecule has 1 aromatic rings. The topological polar surface area (TPSA) is 29.3 Å². The van der Waals surface area contributed by atoms with Crippen molar-refractivity contribution in [3.8, 4) is 0 Å². The largest absolute Gasteiger partial charge is 0.327 e. The Kier molecular flexibility index (Phi) is 3.67. The molecule has 3 atom stereocenters. The molecule has 2 nitrogen and oxygen atoms in total. The van der Waals surface area contributed by atoms with E-state index in [-0.39, 0.29) is 0 Å². The van der Waals surface area contributed by atoms with Crippen molar-refractivity contribution in [2.24, 2.45) is 11.7 Å². The third-order valence-corrected chi connectivity index (χ3v) is 4.74. The van der Waals surface area contributed by atoms with Crippen molar-refractivity contribution in [3.63, 3.8) is 0 Å². The lowest BCUT2D eigenvalue weighted by Gasteiger charge is -2.38. The molecule has 0 spiro atoms. The van der Waals surface area contributed by atoms with Crippen molar-refractivity contribution in [2.45, 2.75) is 39.3 Å². The fraction of sp³-hybridized carbons (Fsp3) is 0.692. The van der Waals surface area contributed by atoms with Gasteiger partial charge in [-0.2, -0.15) is 0 Å². The summed E-state index contributed by atoms with van der Waals surface area (Å²) < 4.78 is 0. The molecule has 90 valence electrons. The minimum absolute atomic E-state index is 0.353. The van der Waals surface area contributed by atoms with Crippen LogP contribution in [0.4, 0.5) is 0 Å². The Morgan fingerprint density at radius 3 is 2.81 bits per heavy atom. The lowest BCUT2D eigenvalue weighted by atomic mass is 9.95. The van der Waals surface area contributed by atoms with Gasteiger partial charge in [-0.25, -0.2) is 0 Å². The van der Waals surface area contributed by atoms with Crippen LogP contribution in [0, 0.1) is 12.8 Å². The van der Waals surface area contributed by atoms with Crippen molar-refractivity contribution in [1.29, 1.82) is 0 Å². The van der Waals surface area contributed by atoms with Crippen LogP contribution in [0.2, 0.25) is 0 Å². The Balaban J connectivity index is 2.10. The van der Waals surface area contributed by atoms with Crippen LogP contribution in [-0.2, 0) is 0 Å². The number of aryl methyl sites for hydroxylation is 1. The third-order valence-electron chi connectivity index (χ3n) is 3.55. The predicted octanol–water partition coefficient (Wildman–Crippen LogP) is 2.79. The van der Waals surface area contributed by atoms with E-state index >= 15 is 0 Å². The SMILES string of the molecule is Cc1ccsc1C(C)N1CC(C)CC(N)C1. The molecule has 1 fully saturated rings. The quantitative estimate of drug-likeness (QED) is 0.858. The molecule has 0 aliphatic carbocycles. The average Bonchev–Trinajstić information content (AvgIpc) is 2.62. The van der Waals surface area contributed by atoms with Crippen LogP contribution in [0.25, 0.3) is 0 Å². The molecule has 0 saturated carbocycles. The number of nitrogens with zero attached hydrogens (tertiary/aromatic N) is 1. The zero-order chi connectivity index (χ0) is 11.7. The Morgan fingerprint density at radius 2 is 2.25 bits per heavy atom. The monoisotopic (exact) mass is 238 g/mol. The summed E-state index contributed by atoms with van der Waals surface area (Å²) in [5.41, 5.74) is 7.53. The second kappa shape index (κ2) is 4.86. The van der Waals surface area contributed by atoms with E-state index in [0.717, 1.165) is 12.5 Å². The highest BCUT2D eigenvalue weighted by atomic mass is 32.1. The minimum Gasteiger partial charge on any atom is -0.327 e. The third kappa shape index (κ3) is 2.47. The molecule has 1 aromatic heterocycles. The van der Waals surface area contributed by atoms with Crippen molar-refractivity contribution < 1.29 is 0 Å². The molecule has 2 heterocycles. The molecule has 0 aromatic carbocycles. The number of nitrogens with two attached hydrogens (primary N) is 1. The van der Waals surface area contributed by atoms with Crippen LogP contribution in [0.15, 0.2) is 11.4 Å². The zero-order valence-electron chi connectivity index (χ0n) is 10.4. The summed E-state index contributed by atoms with van der Waals surface area (Å²) in [6, 6.07) is 3.09. The lowest BCUT2D eigenvalue weighted by molar-refractivity contribution is 0.125. The van der Waals surface area contributed by atoms with E-state index in [1.807, 2.05) is 11.3 Å². The molecule has 3 unspecified atom stereocenters. The molecule has 0 bridgehead atoms. The molecule has 3 heteroatoms. The highest BCUT2D eigenvalue weighted by Gasteiger charge is 2.27. The predicted molar refractivity (Wildman–Crippen MR) is 70.8 cm³/mol. The van der Waals surface area contributed by atoms with Crippen molar-refractivity contribution in [1.82, 2.24) is 4.90 Å². The van der Waals surface area contributed by atoms with Gasteiger partial charge in [0, 0.05) is 30.1 Å². The maximum absolute atomic E-state index is 6.11. The van der Waals surface area contributed by atoms with Crippen LogP contribution in [-0.4, -0.2) is 24.0 Å². The first-order valence-corrected chi connectivity index (χ1v) is 6.99. The Bertz CT molecular complexity index is 337. The maximum atomic E-state index is 6.11. The normalized spacial score (nSPS) is 29.2. The van der Waals surface area contributed by atoms with E-state index in [1.165, 1.54) is 23.4 Å². The second-order valence-corrected chi connectivity index (χ2v) is 6.15. The van der Waals surface area contributed by atoms with E-state index in [4.69, 9.17) is 5.73 Å². The first kappa shape index (κ1) is 12.1. The molecule has 2 N–H and O–H groups in total. The van der Waals surface area contributed by atoms with Gasteiger partial charge in [-0.15, -0.1) is 11.3 Å². The number of thiophene rings is 1. The van der Waals surface area contributed by atoms with E-state index in [1.54, 1.807) is 0 Å². The van der Waals surface area contributed by atoms with Crippen LogP contribution in [0.3, 0.4) is 0 Å². The van der Waals surface area contributed by atoms with Crippen molar-refractivity contribution in [2.75, 3.05) is 13.1 Å². The van der Waals surface area contributed by atoms with Gasteiger partial charge in [0.15, 0.2) is 0 Å². The molecule has 1 saturated heterocycles. The molecule has 2 rings (SSSR count). The zero-order valence-corrected chi connectivity index (χ0v) is 11.3. The van der Waals surface area contributed by atoms with Gasteiger partial charge in [0.1, 0.15) is 0 Å². The summed E-state index contributed by atoms with van der Waals surface area (Å²) in [6.45, 7) is 9.05. The van der Waals surface area contributed by atoms with Crippen molar-refractivity contribution >= 4 is 11.3 Å². The standard InChI is InChI=1S/C13H22N2S/c1-9-6-12(14)8-15(7-9)11(3)13-10(2)4-5-16-13/h4-5,9,11-12H,6-8,14H2,1-3H3. The summed E-state index contributed by atoms with van der Waals surface area (Å²) in [5, 5.41) is 2.19. The van der Waals surface area contributed by atoms with Crippen LogP contribution < -0.4 is 5.73 Å². The number of rotatable bonds is 2. The number of piperidine rings is 1. The van der Waals surface area contributed by atoms with Gasteiger partial charge < -0.3 is 5.73 Å². The molecular weight excluding hydrogens is 216 g/mol. The molecule has 16 heavy (non-hydrogen) atoms. The summed E-state index contributed by atoms with van der Waals surface area (Å²) >= 11 is 1.87. The van der Waals surface area contributed by atoms with Crippen molar-refractivity contribution in [3.05, 3.63) is 21.9 Å². The highest BCUT2D eigenvalue weighted by Crippen LogP contribution is 2.31. The van der Waals surface area contributed by atoms with Gasteiger partial charge in [-0.05, 0) is 43.2 Å². The maximum Gasteiger partial charge on any atom is 0.0416 e. The minimum atomic E-state index is 0.353. The molecule has 0 radical (unpaired) electrons. The van der Waals surface area contributed by atoms with Gasteiger partial charge in [0.2, 0.25) is 0 Å². The van der Waals surface area contributed by atoms with Gasteiger partial charge in [-0.3, -0.25) is 4.90 Å². The van der Waals surface area contributed by atoms with E-state index in [0.29, 0.717) is 12.1 Å². The fourth-order valence-electron chi connectivity index (χ4n) is 2.74. The number of hydrogen-bond donors (Lipinski definition) is 1. The van der Waals surface area contributed by atoms with E-state index in [2.05, 4.69) is 37.1 Å². The van der Waals surface area contributed by atoms with Crippen LogP contribution >= 0.6 is 11.3 Å². The highest BCUT2D eigenvalue weighted by molar-refractivity contribution is 7.10. The van der Waals surface area contributed by atoms with Gasteiger partial charge >= 0.3 is 0 Å². The summed E-state index contributed by atoms with van der Waals surface area (Å²) in [4.78, 5) is 4.04. The first-order valence-electron chi connectivity index (χ1n) is 6.11. The average molecular weight is 238 g/mol. The molecular formula is C13H22N2S. The summed E-state index contributed by atoms with van der Waals surface area (Å²) in [5.74, 6) is 0.728. The summed E-state index contributed by atoms with van der Waals surface area (Å²) in [6.07, 6.45) is 1.17. The second-order valence-electron chi connectivity index (χ2n) is 5.20. The first-order chi connectivity index (χ1) is 7.58. The smallest absolute Gasteiger partial charge is 0.0416 e. The van der Waals surface area contributed by atoms with E-state index < -0.39 is 0 Å². The molecule has 1 aliphatic rings. The van der Waals surface area contributed by atoms with Crippen LogP contribution in [0.5, 0.6) is 0 Å². The molecule has 0 amide bonds. The Morgan fingerprint density at radius 1 is 1.50 bits per heavy atom. The van der Waals surface area contributed by atoms with Gasteiger partial charge in [-0.1, -0.05) is 6.92 Å². The lowest BCUT2D eigenvalue weighted by Crippen LogP contribution is -2.47. The van der Waals surface area contributed by atoms with Gasteiger partial charge in [0.25, 0.3) is 0 Å². The fourth-order valence-corrected chi connectivity index (χ4v) is 3.76. The number of hydrogen-bond acceptors (Lipinski definition) is 3. The summed E-state index contributed by atoms with van der Waals surface area (Å²) in [7, 11) is 0. The van der Waals surface area contributed by atoms with E-state index in [9.17, 15) is 0 Å². The Labute approximate surface area is 102 Å². The molecule has 1 aliphatic heterocycles. The van der Waals surface area contributed by atoms with Crippen LogP contribution in [0.1, 0.15) is 36.8 Å². The number of likely N-dealkylation sites (tertiary alicyclic amines) is 1. The Hall–Kier alpha value is -0.380. The van der Waals surface area contributed by atoms with Gasteiger partial charge in [0.05, 0.1) is 0 Å².